The van der Waals surface area contributed by atoms with Crippen LogP contribution in [0.4, 0.5) is 24.8 Å². The second kappa shape index (κ2) is 15.6. The first kappa shape index (κ1) is 36.9. The molecule has 4 atom stereocenters. The van der Waals surface area contributed by atoms with Gasteiger partial charge in [0.25, 0.3) is 5.91 Å². The second-order valence-corrected chi connectivity index (χ2v) is 15.1. The molecule has 1 amide bonds. The van der Waals surface area contributed by atoms with Gasteiger partial charge < -0.3 is 25.4 Å². The summed E-state index contributed by atoms with van der Waals surface area (Å²) >= 11 is 0. The smallest absolute Gasteiger partial charge is 0.416 e. The van der Waals surface area contributed by atoms with Crippen molar-refractivity contribution in [1.82, 2.24) is 15.6 Å². The summed E-state index contributed by atoms with van der Waals surface area (Å²) in [5.41, 5.74) is -0.269. The van der Waals surface area contributed by atoms with Gasteiger partial charge in [-0.3, -0.25) is 9.10 Å². The lowest BCUT2D eigenvalue weighted by Gasteiger charge is -2.27. The topological polar surface area (TPSA) is 124 Å². The predicted molar refractivity (Wildman–Crippen MR) is 180 cm³/mol. The molecular formula is C34H44F3N5O5S. The molecule has 14 heteroatoms. The first-order valence-electron chi connectivity index (χ1n) is 15.8. The van der Waals surface area contributed by atoms with Crippen molar-refractivity contribution in [2.45, 2.75) is 57.3 Å². The Bertz CT molecular complexity index is 1640. The number of carbonyl (C=O) groups is 1. The predicted octanol–water partition coefficient (Wildman–Crippen LogP) is 4.70. The number of carbonyl (C=O) groups excluding carboxylic acids is 1. The Hall–Kier alpha value is -3.88. The number of halogens is 3. The first-order chi connectivity index (χ1) is 22.6. The van der Waals surface area contributed by atoms with Crippen LogP contribution in [0, 0.1) is 11.8 Å². The Labute approximate surface area is 280 Å². The maximum Gasteiger partial charge on any atom is 0.416 e. The number of anilines is 2. The number of para-hydroxylation sites is 1. The molecule has 1 aliphatic carbocycles. The van der Waals surface area contributed by atoms with Gasteiger partial charge in [-0.05, 0) is 68.0 Å². The lowest BCUT2D eigenvalue weighted by atomic mass is 10.1. The van der Waals surface area contributed by atoms with Crippen LogP contribution >= 0.6 is 0 Å². The Morgan fingerprint density at radius 2 is 1.73 bits per heavy atom. The molecule has 262 valence electrons. The summed E-state index contributed by atoms with van der Waals surface area (Å²) < 4.78 is 72.5. The molecule has 3 aromatic rings. The van der Waals surface area contributed by atoms with E-state index in [0.29, 0.717) is 35.5 Å². The summed E-state index contributed by atoms with van der Waals surface area (Å²) in [5.74, 6) is 1.43. The fourth-order valence-electron chi connectivity index (χ4n) is 5.10. The molecule has 0 spiro atoms. The lowest BCUT2D eigenvalue weighted by molar-refractivity contribution is -0.137. The van der Waals surface area contributed by atoms with Gasteiger partial charge in [-0.15, -0.1) is 0 Å². The molecule has 1 saturated carbocycles. The number of amides is 1. The summed E-state index contributed by atoms with van der Waals surface area (Å²) in [4.78, 5) is 20.3. The minimum Gasteiger partial charge on any atom is -0.491 e. The van der Waals surface area contributed by atoms with Crippen LogP contribution in [0.15, 0.2) is 66.7 Å². The SMILES string of the molecule is CC(C)S(=O)(=O)N(C)c1cc(C(=O)N[C@@H](COc2ccccc2)[C@H](O)CNCc2cccc(C(F)(F)F)c2)cc(N(C)C[C@H]2C[C@@H]2C)n1. The number of rotatable bonds is 16. The monoisotopic (exact) mass is 691 g/mol. The third-order valence-electron chi connectivity index (χ3n) is 8.43. The molecule has 0 aliphatic heterocycles. The number of hydrogen-bond acceptors (Lipinski definition) is 8. The van der Waals surface area contributed by atoms with Crippen LogP contribution in [0.1, 0.15) is 48.7 Å². The zero-order valence-corrected chi connectivity index (χ0v) is 28.6. The minimum absolute atomic E-state index is 0.0425. The van der Waals surface area contributed by atoms with Crippen molar-refractivity contribution in [2.75, 3.05) is 43.0 Å². The number of aliphatic hydroxyl groups excluding tert-OH is 1. The van der Waals surface area contributed by atoms with Crippen LogP contribution in [0.3, 0.4) is 0 Å². The first-order valence-corrected chi connectivity index (χ1v) is 17.3. The number of aromatic nitrogens is 1. The number of nitrogens with zero attached hydrogens (tertiary/aromatic N) is 3. The van der Waals surface area contributed by atoms with Crippen LogP contribution in [-0.4, -0.2) is 75.6 Å². The summed E-state index contributed by atoms with van der Waals surface area (Å²) in [7, 11) is -0.534. The molecule has 0 bridgehead atoms. The van der Waals surface area contributed by atoms with Crippen LogP contribution < -0.4 is 24.6 Å². The molecule has 1 aliphatic rings. The van der Waals surface area contributed by atoms with E-state index in [9.17, 15) is 31.5 Å². The van der Waals surface area contributed by atoms with Crippen LogP contribution in [0.2, 0.25) is 0 Å². The van der Waals surface area contributed by atoms with Crippen molar-refractivity contribution < 1.29 is 36.2 Å². The maximum atomic E-state index is 13.8. The average molecular weight is 692 g/mol. The number of pyridine rings is 1. The molecule has 48 heavy (non-hydrogen) atoms. The van der Waals surface area contributed by atoms with Gasteiger partial charge in [-0.25, -0.2) is 13.4 Å². The van der Waals surface area contributed by atoms with E-state index in [1.165, 1.54) is 19.2 Å². The zero-order valence-electron chi connectivity index (χ0n) is 27.7. The molecule has 1 aromatic heterocycles. The maximum absolute atomic E-state index is 13.8. The standard InChI is InChI=1S/C34H44F3N5O5S/c1-22(2)48(45,46)42(5)32-17-25(16-31(40-32)41(4)20-26-14-23(26)3)33(44)39-29(21-47-28-12-7-6-8-13-28)30(43)19-38-18-24-10-9-11-27(15-24)34(35,36)37/h6-13,15-17,22-23,26,29-30,38,43H,14,18-21H2,1-5H3,(H,39,44)/t23-,26+,29-,30+/m0/s1. The van der Waals surface area contributed by atoms with Gasteiger partial charge in [0.15, 0.2) is 0 Å². The summed E-state index contributed by atoms with van der Waals surface area (Å²) in [6, 6.07) is 15.7. The molecule has 0 saturated heterocycles. The summed E-state index contributed by atoms with van der Waals surface area (Å²) in [6.07, 6.45) is -4.63. The van der Waals surface area contributed by atoms with Gasteiger partial charge in [0.05, 0.1) is 23.0 Å². The van der Waals surface area contributed by atoms with Gasteiger partial charge >= 0.3 is 6.18 Å². The largest absolute Gasteiger partial charge is 0.491 e. The van der Waals surface area contributed by atoms with Crippen LogP contribution in [0.25, 0.3) is 0 Å². The molecule has 1 fully saturated rings. The van der Waals surface area contributed by atoms with Gasteiger partial charge in [-0.1, -0.05) is 43.3 Å². The van der Waals surface area contributed by atoms with E-state index in [1.807, 2.05) is 18.0 Å². The van der Waals surface area contributed by atoms with E-state index in [4.69, 9.17) is 4.74 Å². The van der Waals surface area contributed by atoms with E-state index in [0.717, 1.165) is 22.9 Å². The Balaban J connectivity index is 1.56. The fourth-order valence-corrected chi connectivity index (χ4v) is 6.09. The highest BCUT2D eigenvalue weighted by molar-refractivity contribution is 7.93. The van der Waals surface area contributed by atoms with E-state index >= 15 is 0 Å². The zero-order chi connectivity index (χ0) is 35.2. The third kappa shape index (κ3) is 9.83. The molecule has 0 radical (unpaired) electrons. The number of nitrogens with one attached hydrogen (secondary N) is 2. The average Bonchev–Trinajstić information content (AvgIpc) is 3.75. The quantitative estimate of drug-likeness (QED) is 0.198. The minimum atomic E-state index is -4.48. The van der Waals surface area contributed by atoms with Crippen LogP contribution in [-0.2, 0) is 22.7 Å². The molecular weight excluding hydrogens is 647 g/mol. The third-order valence-corrected chi connectivity index (χ3v) is 10.6. The molecule has 3 N–H and O–H groups in total. The molecule has 1 heterocycles. The van der Waals surface area contributed by atoms with E-state index in [1.54, 1.807) is 50.2 Å². The van der Waals surface area contributed by atoms with E-state index in [-0.39, 0.29) is 31.1 Å². The van der Waals surface area contributed by atoms with Crippen molar-refractivity contribution >= 4 is 27.6 Å². The lowest BCUT2D eigenvalue weighted by Crippen LogP contribution is -2.50. The van der Waals surface area contributed by atoms with Crippen molar-refractivity contribution in [3.63, 3.8) is 0 Å². The number of ether oxygens (including phenoxy) is 1. The van der Waals surface area contributed by atoms with Crippen molar-refractivity contribution in [1.29, 1.82) is 0 Å². The molecule has 2 aromatic carbocycles. The van der Waals surface area contributed by atoms with Gasteiger partial charge in [0, 0.05) is 39.3 Å². The highest BCUT2D eigenvalue weighted by Crippen LogP contribution is 2.39. The van der Waals surface area contributed by atoms with Crippen molar-refractivity contribution in [2.24, 2.45) is 11.8 Å². The number of hydrogen-bond donors (Lipinski definition) is 3. The number of benzene rings is 2. The highest BCUT2D eigenvalue weighted by Gasteiger charge is 2.34. The van der Waals surface area contributed by atoms with Crippen molar-refractivity contribution in [3.8, 4) is 5.75 Å². The summed E-state index contributed by atoms with van der Waals surface area (Å²) in [5, 5.41) is 16.2. The number of alkyl halides is 3. The summed E-state index contributed by atoms with van der Waals surface area (Å²) in [6.45, 7) is 5.79. The second-order valence-electron chi connectivity index (χ2n) is 12.6. The number of sulfonamides is 1. The van der Waals surface area contributed by atoms with E-state index in [2.05, 4.69) is 22.5 Å². The Morgan fingerprint density at radius 3 is 2.35 bits per heavy atom. The molecule has 4 rings (SSSR count). The Kier molecular flexibility index (Phi) is 12.0. The van der Waals surface area contributed by atoms with Gasteiger partial charge in [-0.2, -0.15) is 13.2 Å². The highest BCUT2D eigenvalue weighted by atomic mass is 32.2. The fraction of sp³-hybridized carbons (Fsp3) is 0.471. The van der Waals surface area contributed by atoms with Gasteiger partial charge in [0.2, 0.25) is 10.0 Å². The normalized spacial score (nSPS) is 17.5. The van der Waals surface area contributed by atoms with E-state index < -0.39 is 45.1 Å². The molecule has 0 unspecified atom stereocenters. The Morgan fingerprint density at radius 1 is 1.06 bits per heavy atom. The molecule has 10 nitrogen and oxygen atoms in total. The van der Waals surface area contributed by atoms with Crippen LogP contribution in [0.5, 0.6) is 5.75 Å². The van der Waals surface area contributed by atoms with Gasteiger partial charge in [0.1, 0.15) is 24.0 Å². The van der Waals surface area contributed by atoms with Crippen molar-refractivity contribution in [3.05, 3.63) is 83.4 Å². The number of aliphatic hydroxyl groups is 1.